The molecule has 0 atom stereocenters. The molecule has 1 aliphatic heterocycles. The Bertz CT molecular complexity index is 1410. The molecule has 1 fully saturated rings. The fourth-order valence-electron chi connectivity index (χ4n) is 4.04. The van der Waals surface area contributed by atoms with Crippen LogP contribution < -0.4 is 10.2 Å². The summed E-state index contributed by atoms with van der Waals surface area (Å²) in [5, 5.41) is 6.36. The van der Waals surface area contributed by atoms with Crippen LogP contribution in [-0.4, -0.2) is 33.4 Å². The molecule has 0 bridgehead atoms. The number of thiocarbonyl (C=S) groups is 1. The molecule has 6 nitrogen and oxygen atoms in total. The molecule has 0 aliphatic carbocycles. The van der Waals surface area contributed by atoms with Crippen molar-refractivity contribution in [2.24, 2.45) is 0 Å². The van der Waals surface area contributed by atoms with Crippen LogP contribution in [-0.2, 0) is 22.7 Å². The Balaban J connectivity index is 1.44. The van der Waals surface area contributed by atoms with Gasteiger partial charge in [0.05, 0.1) is 12.2 Å². The Morgan fingerprint density at radius 2 is 1.82 bits per heavy atom. The highest BCUT2D eigenvalue weighted by molar-refractivity contribution is 7.80. The van der Waals surface area contributed by atoms with Crippen molar-refractivity contribution in [3.63, 3.8) is 0 Å². The summed E-state index contributed by atoms with van der Waals surface area (Å²) in [6, 6.07) is 21.2. The van der Waals surface area contributed by atoms with Crippen molar-refractivity contribution in [2.75, 3.05) is 11.9 Å². The quantitative estimate of drug-likeness (QED) is 0.319. The molecular weight excluding hydrogens is 464 g/mol. The number of nitrogens with zero attached hydrogens (tertiary/aromatic N) is 3. The number of likely N-dealkylation sites (N-methyl/N-ethyl adjacent to an activating group) is 1. The smallest absolute Gasteiger partial charge is 0.281 e. The van der Waals surface area contributed by atoms with Crippen LogP contribution in [0.25, 0.3) is 17.0 Å². The number of amides is 2. The Kier molecular flexibility index (Phi) is 6.00. The van der Waals surface area contributed by atoms with Gasteiger partial charge in [-0.3, -0.25) is 14.5 Å². The molecule has 5 rings (SSSR count). The number of thiophene rings is 1. The lowest BCUT2D eigenvalue weighted by Crippen LogP contribution is -2.30. The minimum atomic E-state index is -0.177. The van der Waals surface area contributed by atoms with Crippen LogP contribution in [0.4, 0.5) is 5.69 Å². The number of anilines is 1. The highest BCUT2D eigenvalue weighted by Gasteiger charge is 2.36. The van der Waals surface area contributed by atoms with E-state index in [2.05, 4.69) is 5.32 Å². The number of nitrogens with one attached hydrogen (secondary N) is 1. The number of hydrogen-bond donors (Lipinski definition) is 1. The summed E-state index contributed by atoms with van der Waals surface area (Å²) < 4.78 is 1.91. The van der Waals surface area contributed by atoms with E-state index in [0.717, 1.165) is 27.0 Å². The molecule has 0 radical (unpaired) electrons. The lowest BCUT2D eigenvalue weighted by molar-refractivity contribution is -0.121. The SMILES string of the molecule is CN1C(=S)N(c2ccccc2)C(=O)/C1=C/c1cn(CC(=O)NCc2cccs2)c2ccccc12. The van der Waals surface area contributed by atoms with Gasteiger partial charge in [-0.05, 0) is 47.9 Å². The number of aromatic nitrogens is 1. The molecule has 1 saturated heterocycles. The molecule has 4 aromatic rings. The number of carbonyl (C=O) groups is 2. The molecule has 2 amide bonds. The Hall–Kier alpha value is -3.75. The first-order valence-corrected chi connectivity index (χ1v) is 12.1. The molecule has 2 aromatic carbocycles. The minimum Gasteiger partial charge on any atom is -0.350 e. The van der Waals surface area contributed by atoms with E-state index in [4.69, 9.17) is 12.2 Å². The van der Waals surface area contributed by atoms with Crippen molar-refractivity contribution in [2.45, 2.75) is 13.1 Å². The second-order valence-electron chi connectivity index (χ2n) is 7.93. The van der Waals surface area contributed by atoms with Crippen molar-refractivity contribution >= 4 is 63.1 Å². The van der Waals surface area contributed by atoms with E-state index in [1.54, 1.807) is 28.2 Å². The first-order valence-electron chi connectivity index (χ1n) is 10.8. The van der Waals surface area contributed by atoms with Gasteiger partial charge >= 0.3 is 0 Å². The number of rotatable bonds is 6. The predicted molar refractivity (Wildman–Crippen MR) is 140 cm³/mol. The number of carbonyl (C=O) groups excluding carboxylic acids is 2. The van der Waals surface area contributed by atoms with Crippen molar-refractivity contribution in [3.05, 3.63) is 94.4 Å². The molecule has 170 valence electrons. The van der Waals surface area contributed by atoms with Gasteiger partial charge in [0.25, 0.3) is 5.91 Å². The third-order valence-electron chi connectivity index (χ3n) is 5.74. The summed E-state index contributed by atoms with van der Waals surface area (Å²) in [5.74, 6) is -0.247. The standard InChI is InChI=1S/C26H22N4O2S2/c1-28-23(25(32)30(26(28)33)19-8-3-2-4-9-19)14-18-16-29(22-12-6-5-11-21(18)22)17-24(31)27-15-20-10-7-13-34-20/h2-14,16H,15,17H2,1H3,(H,27,31)/b23-14-. The normalized spacial score (nSPS) is 15.0. The average Bonchev–Trinajstić information content (AvgIpc) is 3.54. The van der Waals surface area contributed by atoms with Crippen LogP contribution in [0.3, 0.4) is 0 Å². The van der Waals surface area contributed by atoms with E-state index in [1.165, 1.54) is 0 Å². The van der Waals surface area contributed by atoms with Gasteiger partial charge in [-0.2, -0.15) is 0 Å². The van der Waals surface area contributed by atoms with E-state index < -0.39 is 0 Å². The molecule has 1 aliphatic rings. The van der Waals surface area contributed by atoms with Gasteiger partial charge < -0.3 is 14.8 Å². The fourth-order valence-corrected chi connectivity index (χ4v) is 4.97. The molecule has 1 N–H and O–H groups in total. The molecule has 3 heterocycles. The third-order valence-corrected chi connectivity index (χ3v) is 7.07. The molecule has 34 heavy (non-hydrogen) atoms. The summed E-state index contributed by atoms with van der Waals surface area (Å²) in [7, 11) is 1.80. The van der Waals surface area contributed by atoms with Gasteiger partial charge in [-0.1, -0.05) is 42.5 Å². The second kappa shape index (κ2) is 9.24. The van der Waals surface area contributed by atoms with Crippen LogP contribution in [0.15, 0.2) is 84.0 Å². The number of hydrogen-bond acceptors (Lipinski definition) is 4. The molecule has 2 aromatic heterocycles. The van der Waals surface area contributed by atoms with Gasteiger partial charge in [0.1, 0.15) is 12.2 Å². The largest absolute Gasteiger partial charge is 0.350 e. The highest BCUT2D eigenvalue weighted by atomic mass is 32.1. The maximum atomic E-state index is 13.3. The highest BCUT2D eigenvalue weighted by Crippen LogP contribution is 2.30. The minimum absolute atomic E-state index is 0.0705. The maximum Gasteiger partial charge on any atom is 0.281 e. The van der Waals surface area contributed by atoms with E-state index >= 15 is 0 Å². The van der Waals surface area contributed by atoms with E-state index in [0.29, 0.717) is 17.4 Å². The molecular formula is C26H22N4O2S2. The number of fused-ring (bicyclic) bond motifs is 1. The van der Waals surface area contributed by atoms with E-state index in [9.17, 15) is 9.59 Å². The van der Waals surface area contributed by atoms with Crippen molar-refractivity contribution in [1.29, 1.82) is 0 Å². The Labute approximate surface area is 206 Å². The van der Waals surface area contributed by atoms with Crippen molar-refractivity contribution in [3.8, 4) is 0 Å². The zero-order valence-electron chi connectivity index (χ0n) is 18.5. The Morgan fingerprint density at radius 3 is 2.59 bits per heavy atom. The molecule has 8 heteroatoms. The van der Waals surface area contributed by atoms with Gasteiger partial charge in [-0.25, -0.2) is 0 Å². The summed E-state index contributed by atoms with van der Waals surface area (Å²) >= 11 is 7.18. The van der Waals surface area contributed by atoms with E-state index in [-0.39, 0.29) is 18.4 Å². The van der Waals surface area contributed by atoms with Gasteiger partial charge in [0.2, 0.25) is 5.91 Å². The summed E-state index contributed by atoms with van der Waals surface area (Å²) in [6.07, 6.45) is 3.76. The molecule has 0 spiro atoms. The van der Waals surface area contributed by atoms with Gasteiger partial charge in [0, 0.05) is 34.6 Å². The molecule has 0 saturated carbocycles. The van der Waals surface area contributed by atoms with Gasteiger partial charge in [-0.15, -0.1) is 11.3 Å². The maximum absolute atomic E-state index is 13.3. The third kappa shape index (κ3) is 4.13. The number of benzene rings is 2. The monoisotopic (exact) mass is 486 g/mol. The lowest BCUT2D eigenvalue weighted by Gasteiger charge is -2.16. The summed E-state index contributed by atoms with van der Waals surface area (Å²) in [4.78, 5) is 30.3. The van der Waals surface area contributed by atoms with Gasteiger partial charge in [0.15, 0.2) is 5.11 Å². The van der Waals surface area contributed by atoms with Crippen LogP contribution >= 0.6 is 23.6 Å². The van der Waals surface area contributed by atoms with Crippen LogP contribution in [0.1, 0.15) is 10.4 Å². The second-order valence-corrected chi connectivity index (χ2v) is 9.33. The summed E-state index contributed by atoms with van der Waals surface area (Å²) in [6.45, 7) is 0.700. The first-order chi connectivity index (χ1) is 16.5. The predicted octanol–water partition coefficient (Wildman–Crippen LogP) is 4.62. The van der Waals surface area contributed by atoms with Crippen LogP contribution in [0, 0.1) is 0 Å². The summed E-state index contributed by atoms with van der Waals surface area (Å²) in [5.41, 5.74) is 3.00. The van der Waals surface area contributed by atoms with Crippen molar-refractivity contribution in [1.82, 2.24) is 14.8 Å². The van der Waals surface area contributed by atoms with E-state index in [1.807, 2.05) is 89.0 Å². The van der Waals surface area contributed by atoms with Crippen LogP contribution in [0.5, 0.6) is 0 Å². The van der Waals surface area contributed by atoms with Crippen molar-refractivity contribution < 1.29 is 9.59 Å². The number of para-hydroxylation sites is 2. The fraction of sp³-hybridized carbons (Fsp3) is 0.115. The topological polar surface area (TPSA) is 57.6 Å². The van der Waals surface area contributed by atoms with Crippen LogP contribution in [0.2, 0.25) is 0 Å². The Morgan fingerprint density at radius 1 is 1.06 bits per heavy atom. The zero-order chi connectivity index (χ0) is 23.7. The average molecular weight is 487 g/mol. The zero-order valence-corrected chi connectivity index (χ0v) is 20.1. The lowest BCUT2D eigenvalue weighted by atomic mass is 10.1. The molecule has 0 unspecified atom stereocenters. The first kappa shape index (κ1) is 22.1.